The second-order valence-corrected chi connectivity index (χ2v) is 6.60. The smallest absolute Gasteiger partial charge is 0.194 e. The highest BCUT2D eigenvalue weighted by atomic mass is 19.1. The summed E-state index contributed by atoms with van der Waals surface area (Å²) in [5.41, 5.74) is 0.298. The largest absolute Gasteiger partial charge is 0.366 e. The quantitative estimate of drug-likeness (QED) is 0.481. The van der Waals surface area contributed by atoms with Crippen LogP contribution in [0.5, 0.6) is 0 Å². The molecule has 9 heteroatoms. The second-order valence-electron chi connectivity index (χ2n) is 6.60. The molecule has 0 unspecified atom stereocenters. The molecule has 0 radical (unpaired) electrons. The van der Waals surface area contributed by atoms with Gasteiger partial charge in [-0.1, -0.05) is 6.08 Å². The number of aliphatic imine (C=N–C) groups is 1. The summed E-state index contributed by atoms with van der Waals surface area (Å²) in [4.78, 5) is 8.62. The van der Waals surface area contributed by atoms with Gasteiger partial charge in [-0.3, -0.25) is 0 Å². The lowest BCUT2D eigenvalue weighted by atomic mass is 10.2. The van der Waals surface area contributed by atoms with Crippen LogP contribution in [0.15, 0.2) is 35.8 Å². The zero-order chi connectivity index (χ0) is 20.1. The van der Waals surface area contributed by atoms with E-state index in [4.69, 9.17) is 0 Å². The van der Waals surface area contributed by atoms with Gasteiger partial charge in [-0.15, -0.1) is 16.8 Å². The zero-order valence-electron chi connectivity index (χ0n) is 16.2. The molecule has 28 heavy (non-hydrogen) atoms. The van der Waals surface area contributed by atoms with Crippen molar-refractivity contribution in [2.75, 3.05) is 37.6 Å². The highest BCUT2D eigenvalue weighted by Gasteiger charge is 2.22. The maximum atomic E-state index is 14.0. The molecule has 0 aliphatic carbocycles. The lowest BCUT2D eigenvalue weighted by molar-refractivity contribution is 0.371. The Morgan fingerprint density at radius 2 is 2.00 bits per heavy atom. The van der Waals surface area contributed by atoms with Crippen molar-refractivity contribution in [1.29, 1.82) is 0 Å². The summed E-state index contributed by atoms with van der Waals surface area (Å²) < 4.78 is 29.4. The molecule has 1 aromatic carbocycles. The highest BCUT2D eigenvalue weighted by molar-refractivity contribution is 5.80. The van der Waals surface area contributed by atoms with Crippen molar-refractivity contribution >= 4 is 11.6 Å². The number of benzene rings is 1. The third-order valence-corrected chi connectivity index (χ3v) is 4.79. The summed E-state index contributed by atoms with van der Waals surface area (Å²) in [6, 6.07) is 3.54. The topological polar surface area (TPSA) is 61.6 Å². The van der Waals surface area contributed by atoms with Crippen LogP contribution in [0.25, 0.3) is 0 Å². The van der Waals surface area contributed by atoms with E-state index in [0.29, 0.717) is 45.0 Å². The predicted molar refractivity (Wildman–Crippen MR) is 105 cm³/mol. The minimum absolute atomic E-state index is 0.298. The summed E-state index contributed by atoms with van der Waals surface area (Å²) in [6.45, 7) is 9.01. The van der Waals surface area contributed by atoms with Crippen LogP contribution in [0.2, 0.25) is 0 Å². The summed E-state index contributed by atoms with van der Waals surface area (Å²) in [6.07, 6.45) is 1.76. The molecular formula is C19H25F2N7. The number of anilines is 1. The molecule has 3 rings (SSSR count). The van der Waals surface area contributed by atoms with Crippen molar-refractivity contribution in [2.45, 2.75) is 13.5 Å². The standard InChI is InChI=1S/C19H25F2N7/c1-4-7-22-19(23-13-18-25-24-14(2)26(18)3)28-10-8-27(9-11-28)17-12-15(20)5-6-16(17)21/h4-6,12H,1,7-11,13H2,2-3H3,(H,22,23). The van der Waals surface area contributed by atoms with Gasteiger partial charge in [0, 0.05) is 45.8 Å². The summed E-state index contributed by atoms with van der Waals surface area (Å²) >= 11 is 0. The number of piperazine rings is 1. The fraction of sp³-hybridized carbons (Fsp3) is 0.421. The molecule has 7 nitrogen and oxygen atoms in total. The molecule has 2 heterocycles. The molecule has 0 bridgehead atoms. The molecule has 0 amide bonds. The number of hydrogen-bond donors (Lipinski definition) is 1. The van der Waals surface area contributed by atoms with Gasteiger partial charge in [0.2, 0.25) is 0 Å². The van der Waals surface area contributed by atoms with Crippen LogP contribution in [0.1, 0.15) is 11.6 Å². The normalized spacial score (nSPS) is 15.1. The molecule has 0 saturated carbocycles. The van der Waals surface area contributed by atoms with Gasteiger partial charge in [0.05, 0.1) is 5.69 Å². The molecule has 1 fully saturated rings. The van der Waals surface area contributed by atoms with E-state index in [0.717, 1.165) is 23.7 Å². The lowest BCUT2D eigenvalue weighted by Crippen LogP contribution is -2.52. The van der Waals surface area contributed by atoms with E-state index in [1.807, 2.05) is 23.4 Å². The number of halogens is 2. The number of hydrogen-bond acceptors (Lipinski definition) is 4. The number of nitrogens with zero attached hydrogens (tertiary/aromatic N) is 6. The number of aryl methyl sites for hydroxylation is 1. The van der Waals surface area contributed by atoms with E-state index < -0.39 is 11.6 Å². The summed E-state index contributed by atoms with van der Waals surface area (Å²) in [5.74, 6) is 1.49. The monoisotopic (exact) mass is 389 g/mol. The highest BCUT2D eigenvalue weighted by Crippen LogP contribution is 2.22. The average molecular weight is 389 g/mol. The third kappa shape index (κ3) is 4.47. The van der Waals surface area contributed by atoms with Crippen LogP contribution in [0.4, 0.5) is 14.5 Å². The average Bonchev–Trinajstić information content (AvgIpc) is 3.02. The van der Waals surface area contributed by atoms with E-state index in [2.05, 4.69) is 32.0 Å². The van der Waals surface area contributed by atoms with Gasteiger partial charge in [-0.05, 0) is 19.1 Å². The van der Waals surface area contributed by atoms with Gasteiger partial charge in [0.15, 0.2) is 11.8 Å². The first kappa shape index (κ1) is 19.8. The summed E-state index contributed by atoms with van der Waals surface area (Å²) in [5, 5.41) is 11.4. The molecular weight excluding hydrogens is 364 g/mol. The van der Waals surface area contributed by atoms with E-state index in [-0.39, 0.29) is 0 Å². The first-order chi connectivity index (χ1) is 13.5. The molecule has 0 spiro atoms. The minimum Gasteiger partial charge on any atom is -0.366 e. The SMILES string of the molecule is C=CCNC(=NCc1nnc(C)n1C)N1CCN(c2cc(F)ccc2F)CC1. The van der Waals surface area contributed by atoms with Crippen molar-refractivity contribution < 1.29 is 8.78 Å². The predicted octanol–water partition coefficient (Wildman–Crippen LogP) is 1.86. The van der Waals surface area contributed by atoms with E-state index in [1.165, 1.54) is 12.1 Å². The second kappa shape index (κ2) is 8.81. The Labute approximate surface area is 163 Å². The first-order valence-electron chi connectivity index (χ1n) is 9.18. The van der Waals surface area contributed by atoms with Crippen molar-refractivity contribution in [2.24, 2.45) is 12.0 Å². The Kier molecular flexibility index (Phi) is 6.23. The van der Waals surface area contributed by atoms with E-state index >= 15 is 0 Å². The van der Waals surface area contributed by atoms with Crippen molar-refractivity contribution in [3.05, 3.63) is 54.1 Å². The lowest BCUT2D eigenvalue weighted by Gasteiger charge is -2.37. The van der Waals surface area contributed by atoms with Crippen LogP contribution in [0, 0.1) is 18.6 Å². The maximum absolute atomic E-state index is 14.0. The molecule has 150 valence electrons. The van der Waals surface area contributed by atoms with Crippen molar-refractivity contribution in [3.63, 3.8) is 0 Å². The molecule has 1 aromatic heterocycles. The fourth-order valence-corrected chi connectivity index (χ4v) is 3.05. The molecule has 2 aromatic rings. The molecule has 1 aliphatic heterocycles. The Morgan fingerprint density at radius 1 is 1.25 bits per heavy atom. The molecule has 1 saturated heterocycles. The van der Waals surface area contributed by atoms with Crippen LogP contribution >= 0.6 is 0 Å². The number of guanidine groups is 1. The fourth-order valence-electron chi connectivity index (χ4n) is 3.05. The van der Waals surface area contributed by atoms with Crippen LogP contribution in [-0.2, 0) is 13.6 Å². The van der Waals surface area contributed by atoms with Crippen molar-refractivity contribution in [1.82, 2.24) is 25.0 Å². The zero-order valence-corrected chi connectivity index (χ0v) is 16.2. The first-order valence-corrected chi connectivity index (χ1v) is 9.18. The van der Waals surface area contributed by atoms with Gasteiger partial charge in [-0.2, -0.15) is 0 Å². The maximum Gasteiger partial charge on any atom is 0.194 e. The third-order valence-electron chi connectivity index (χ3n) is 4.79. The molecule has 1 aliphatic rings. The van der Waals surface area contributed by atoms with Gasteiger partial charge in [0.25, 0.3) is 0 Å². The van der Waals surface area contributed by atoms with E-state index in [1.54, 1.807) is 6.08 Å². The van der Waals surface area contributed by atoms with E-state index in [9.17, 15) is 8.78 Å². The number of aromatic nitrogens is 3. The van der Waals surface area contributed by atoms with Gasteiger partial charge in [-0.25, -0.2) is 13.8 Å². The molecule has 0 atom stereocenters. The van der Waals surface area contributed by atoms with Crippen LogP contribution < -0.4 is 10.2 Å². The van der Waals surface area contributed by atoms with Gasteiger partial charge in [0.1, 0.15) is 24.0 Å². The Morgan fingerprint density at radius 3 is 2.64 bits per heavy atom. The summed E-state index contributed by atoms with van der Waals surface area (Å²) in [7, 11) is 1.91. The number of nitrogens with one attached hydrogen (secondary N) is 1. The molecule has 1 N–H and O–H groups in total. The number of rotatable bonds is 5. The van der Waals surface area contributed by atoms with Crippen LogP contribution in [0.3, 0.4) is 0 Å². The van der Waals surface area contributed by atoms with Crippen molar-refractivity contribution in [3.8, 4) is 0 Å². The van der Waals surface area contributed by atoms with Gasteiger partial charge < -0.3 is 19.7 Å². The van der Waals surface area contributed by atoms with Gasteiger partial charge >= 0.3 is 0 Å². The Bertz CT molecular complexity index is 854. The Hall–Kier alpha value is -2.97. The minimum atomic E-state index is -0.437. The van der Waals surface area contributed by atoms with Crippen LogP contribution in [-0.4, -0.2) is 58.3 Å². The Balaban J connectivity index is 1.68.